The fraction of sp³-hybridized carbons (Fsp3) is 0. The molecule has 0 saturated carbocycles. The van der Waals surface area contributed by atoms with E-state index in [9.17, 15) is 4.39 Å². The van der Waals surface area contributed by atoms with Gasteiger partial charge in [-0.3, -0.25) is 0 Å². The molecule has 29 heavy (non-hydrogen) atoms. The van der Waals surface area contributed by atoms with Crippen LogP contribution in [0.4, 0.5) is 15.9 Å². The van der Waals surface area contributed by atoms with Crippen molar-refractivity contribution in [2.75, 3.05) is 5.32 Å². The van der Waals surface area contributed by atoms with Gasteiger partial charge < -0.3 is 10.1 Å². The first kappa shape index (κ1) is 17.3. The fourth-order valence-corrected chi connectivity index (χ4v) is 2.94. The monoisotopic (exact) mass is 407 g/mol. The van der Waals surface area contributed by atoms with Gasteiger partial charge in [-0.15, -0.1) is 0 Å². The number of benzene rings is 1. The normalized spacial score (nSPS) is 11.1. The Bertz CT molecular complexity index is 1360. The highest BCUT2D eigenvalue weighted by atomic mass is 35.5. The molecule has 0 spiro atoms. The predicted molar refractivity (Wildman–Crippen MR) is 105 cm³/mol. The summed E-state index contributed by atoms with van der Waals surface area (Å²) in [6.07, 6.45) is 4.51. The maximum absolute atomic E-state index is 14.6. The summed E-state index contributed by atoms with van der Waals surface area (Å²) >= 11 is 5.96. The van der Waals surface area contributed by atoms with E-state index < -0.39 is 5.82 Å². The maximum Gasteiger partial charge on any atom is 0.167 e. The quantitative estimate of drug-likeness (QED) is 0.441. The van der Waals surface area contributed by atoms with Gasteiger partial charge in [0.2, 0.25) is 0 Å². The molecule has 0 aliphatic heterocycles. The third kappa shape index (κ3) is 3.39. The SMILES string of the molecule is Fc1cc(Nc2ncnc3ccc(Cl)nc23)ccc1Oc1ccn2ncnc2c1. The molecule has 0 bridgehead atoms. The molecule has 1 aromatic carbocycles. The van der Waals surface area contributed by atoms with Gasteiger partial charge in [0.25, 0.3) is 0 Å². The molecule has 5 rings (SSSR count). The highest BCUT2D eigenvalue weighted by Gasteiger charge is 2.10. The van der Waals surface area contributed by atoms with Crippen molar-refractivity contribution in [2.24, 2.45) is 0 Å². The molecule has 0 aliphatic carbocycles. The Morgan fingerprint density at radius 2 is 1.93 bits per heavy atom. The van der Waals surface area contributed by atoms with Crippen molar-refractivity contribution in [3.05, 3.63) is 72.3 Å². The van der Waals surface area contributed by atoms with Crippen molar-refractivity contribution < 1.29 is 9.13 Å². The molecule has 0 fully saturated rings. The number of halogens is 2. The lowest BCUT2D eigenvalue weighted by Crippen LogP contribution is -1.99. The standard InChI is InChI=1S/C19H11ClFN7O/c20-16-4-2-14-18(27-16)19(24-9-22-14)26-11-1-3-15(13(21)7-11)29-12-5-6-28-17(8-12)23-10-25-28/h1-10H,(H,22,24,26). The van der Waals surface area contributed by atoms with Crippen molar-refractivity contribution in [1.29, 1.82) is 0 Å². The highest BCUT2D eigenvalue weighted by Crippen LogP contribution is 2.29. The summed E-state index contributed by atoms with van der Waals surface area (Å²) in [4.78, 5) is 16.6. The zero-order valence-electron chi connectivity index (χ0n) is 14.6. The molecule has 0 aliphatic rings. The number of nitrogens with zero attached hydrogens (tertiary/aromatic N) is 6. The van der Waals surface area contributed by atoms with E-state index in [-0.39, 0.29) is 5.75 Å². The van der Waals surface area contributed by atoms with Crippen LogP contribution in [0.25, 0.3) is 16.7 Å². The van der Waals surface area contributed by atoms with E-state index in [0.29, 0.717) is 39.1 Å². The lowest BCUT2D eigenvalue weighted by Gasteiger charge is -2.11. The van der Waals surface area contributed by atoms with Gasteiger partial charge in [0, 0.05) is 24.0 Å². The van der Waals surface area contributed by atoms with E-state index in [1.807, 2.05) is 0 Å². The lowest BCUT2D eigenvalue weighted by molar-refractivity contribution is 0.442. The van der Waals surface area contributed by atoms with Gasteiger partial charge in [0.05, 0.1) is 5.52 Å². The first-order valence-electron chi connectivity index (χ1n) is 8.47. The summed E-state index contributed by atoms with van der Waals surface area (Å²) in [5.74, 6) is 0.405. The number of anilines is 2. The van der Waals surface area contributed by atoms with Crippen LogP contribution in [0.5, 0.6) is 11.5 Å². The first-order valence-corrected chi connectivity index (χ1v) is 8.84. The van der Waals surface area contributed by atoms with Gasteiger partial charge in [-0.1, -0.05) is 11.6 Å². The molecule has 8 nitrogen and oxygen atoms in total. The molecule has 4 heterocycles. The van der Waals surface area contributed by atoms with E-state index in [1.54, 1.807) is 41.0 Å². The van der Waals surface area contributed by atoms with Gasteiger partial charge in [0.15, 0.2) is 23.0 Å². The highest BCUT2D eigenvalue weighted by molar-refractivity contribution is 6.29. The second-order valence-electron chi connectivity index (χ2n) is 6.02. The average molecular weight is 408 g/mol. The van der Waals surface area contributed by atoms with Crippen LogP contribution in [-0.4, -0.2) is 29.5 Å². The van der Waals surface area contributed by atoms with Crippen LogP contribution >= 0.6 is 11.6 Å². The first-order chi connectivity index (χ1) is 14.2. The zero-order chi connectivity index (χ0) is 19.8. The van der Waals surface area contributed by atoms with Gasteiger partial charge >= 0.3 is 0 Å². The number of fused-ring (bicyclic) bond motifs is 2. The molecular weight excluding hydrogens is 397 g/mol. The maximum atomic E-state index is 14.6. The van der Waals surface area contributed by atoms with E-state index in [4.69, 9.17) is 16.3 Å². The van der Waals surface area contributed by atoms with Crippen LogP contribution in [0.1, 0.15) is 0 Å². The average Bonchev–Trinajstić information content (AvgIpc) is 3.18. The van der Waals surface area contributed by atoms with Gasteiger partial charge in [-0.25, -0.2) is 28.8 Å². The Labute approximate surface area is 168 Å². The third-order valence-electron chi connectivity index (χ3n) is 4.12. The largest absolute Gasteiger partial charge is 0.454 e. The Hall–Kier alpha value is -3.85. The van der Waals surface area contributed by atoms with E-state index in [1.165, 1.54) is 24.8 Å². The van der Waals surface area contributed by atoms with Crippen molar-refractivity contribution in [1.82, 2.24) is 29.5 Å². The third-order valence-corrected chi connectivity index (χ3v) is 4.33. The molecule has 0 radical (unpaired) electrons. The van der Waals surface area contributed by atoms with Gasteiger partial charge in [-0.05, 0) is 30.3 Å². The second-order valence-corrected chi connectivity index (χ2v) is 6.41. The van der Waals surface area contributed by atoms with Crippen molar-refractivity contribution in [3.8, 4) is 11.5 Å². The summed E-state index contributed by atoms with van der Waals surface area (Å²) in [5, 5.41) is 7.36. The fourth-order valence-electron chi connectivity index (χ4n) is 2.79. The van der Waals surface area contributed by atoms with E-state index >= 15 is 0 Å². The summed E-state index contributed by atoms with van der Waals surface area (Å²) in [6.45, 7) is 0. The van der Waals surface area contributed by atoms with E-state index in [0.717, 1.165) is 0 Å². The minimum absolute atomic E-state index is 0.0770. The van der Waals surface area contributed by atoms with E-state index in [2.05, 4.69) is 30.4 Å². The van der Waals surface area contributed by atoms with Crippen LogP contribution < -0.4 is 10.1 Å². The number of nitrogens with one attached hydrogen (secondary N) is 1. The molecule has 1 N–H and O–H groups in total. The van der Waals surface area contributed by atoms with Crippen molar-refractivity contribution in [2.45, 2.75) is 0 Å². The van der Waals surface area contributed by atoms with Gasteiger partial charge in [-0.2, -0.15) is 5.10 Å². The summed E-state index contributed by atoms with van der Waals surface area (Å²) in [5.41, 5.74) is 2.19. The zero-order valence-corrected chi connectivity index (χ0v) is 15.4. The molecule has 10 heteroatoms. The van der Waals surface area contributed by atoms with Crippen LogP contribution in [0, 0.1) is 5.82 Å². The molecule has 142 valence electrons. The summed E-state index contributed by atoms with van der Waals surface area (Å²) < 4.78 is 21.8. The smallest absolute Gasteiger partial charge is 0.167 e. The topological polar surface area (TPSA) is 90.1 Å². The summed E-state index contributed by atoms with van der Waals surface area (Å²) in [7, 11) is 0. The molecule has 0 unspecified atom stereocenters. The van der Waals surface area contributed by atoms with Crippen LogP contribution in [0.15, 0.2) is 61.3 Å². The second kappa shape index (κ2) is 6.95. The molecule has 5 aromatic rings. The lowest BCUT2D eigenvalue weighted by atomic mass is 10.2. The Balaban J connectivity index is 1.42. The molecule has 0 saturated heterocycles. The minimum Gasteiger partial charge on any atom is -0.454 e. The molecule has 4 aromatic heterocycles. The predicted octanol–water partition coefficient (Wildman–Crippen LogP) is 4.40. The molecule has 0 atom stereocenters. The Morgan fingerprint density at radius 3 is 2.83 bits per heavy atom. The number of pyridine rings is 2. The Morgan fingerprint density at radius 1 is 1.00 bits per heavy atom. The molecule has 0 amide bonds. The van der Waals surface area contributed by atoms with Crippen molar-refractivity contribution in [3.63, 3.8) is 0 Å². The number of hydrogen-bond donors (Lipinski definition) is 1. The van der Waals surface area contributed by atoms with Gasteiger partial charge in [0.1, 0.15) is 29.1 Å². The molecular formula is C19H11ClFN7O. The number of ether oxygens (including phenoxy) is 1. The van der Waals surface area contributed by atoms with Crippen LogP contribution in [-0.2, 0) is 0 Å². The minimum atomic E-state index is -0.541. The number of hydrogen-bond acceptors (Lipinski definition) is 7. The number of aromatic nitrogens is 6. The van der Waals surface area contributed by atoms with Crippen LogP contribution in [0.2, 0.25) is 5.15 Å². The van der Waals surface area contributed by atoms with Crippen molar-refractivity contribution >= 4 is 39.8 Å². The number of rotatable bonds is 4. The summed E-state index contributed by atoms with van der Waals surface area (Å²) in [6, 6.07) is 11.2. The Kier molecular flexibility index (Phi) is 4.14. The van der Waals surface area contributed by atoms with Crippen LogP contribution in [0.3, 0.4) is 0 Å².